The molecular formula is C38H39N5O2. The number of H-pyrrole nitrogens is 1. The zero-order valence-electron chi connectivity index (χ0n) is 25.6. The number of nitrogens with two attached hydrogens (primary N) is 1. The Morgan fingerprint density at radius 2 is 1.53 bits per heavy atom. The van der Waals surface area contributed by atoms with Crippen molar-refractivity contribution >= 4 is 11.7 Å². The first-order valence-corrected chi connectivity index (χ1v) is 15.9. The van der Waals surface area contributed by atoms with Crippen LogP contribution in [0.5, 0.6) is 0 Å². The standard InChI is InChI=1S/C32H28N4.C6H11NO2/c33-31-26(15-16-27-25-5-2-1-4-24(25)18-28(27)31)22-11-7-20(8-12-22)21-9-13-23(14-10-21)30-19-35-32(36-30)29-6-3-17-34-29;1-7-4-2-3-5(7)6(8)9/h1-2,4-5,7-16,19,29,34H,3,6,17-18,33H2,(H,35,36);5H,2-4H2,1H3,(H,8,9). The molecule has 2 aliphatic heterocycles. The van der Waals surface area contributed by atoms with E-state index in [4.69, 9.17) is 10.8 Å². The van der Waals surface area contributed by atoms with Crippen LogP contribution in [0.2, 0.25) is 0 Å². The Balaban J connectivity index is 0.000000313. The fraction of sp³-hybridized carbons (Fsp3) is 0.263. The van der Waals surface area contributed by atoms with Crippen LogP contribution in [0.25, 0.3) is 44.6 Å². The highest BCUT2D eigenvalue weighted by atomic mass is 16.4. The highest BCUT2D eigenvalue weighted by Gasteiger charge is 2.27. The van der Waals surface area contributed by atoms with Gasteiger partial charge in [0.05, 0.1) is 17.9 Å². The van der Waals surface area contributed by atoms with Crippen molar-refractivity contribution in [1.29, 1.82) is 0 Å². The average molecular weight is 598 g/mol. The van der Waals surface area contributed by atoms with Gasteiger partial charge >= 0.3 is 5.97 Å². The van der Waals surface area contributed by atoms with Crippen LogP contribution in [0.4, 0.5) is 5.69 Å². The number of carboxylic acids is 1. The number of fused-ring (bicyclic) bond motifs is 3. The number of likely N-dealkylation sites (N-methyl/N-ethyl adjacent to an activating group) is 1. The zero-order valence-corrected chi connectivity index (χ0v) is 25.6. The smallest absolute Gasteiger partial charge is 0.320 e. The van der Waals surface area contributed by atoms with Gasteiger partial charge in [-0.2, -0.15) is 0 Å². The number of nitrogens with one attached hydrogen (secondary N) is 2. The van der Waals surface area contributed by atoms with Crippen LogP contribution in [0.15, 0.2) is 91.1 Å². The summed E-state index contributed by atoms with van der Waals surface area (Å²) in [7, 11) is 1.85. The fourth-order valence-corrected chi connectivity index (χ4v) is 6.97. The third kappa shape index (κ3) is 5.77. The quantitative estimate of drug-likeness (QED) is 0.157. The Bertz CT molecular complexity index is 1820. The molecule has 2 fully saturated rings. The molecule has 0 saturated carbocycles. The summed E-state index contributed by atoms with van der Waals surface area (Å²) in [6.45, 7) is 2.00. The molecule has 2 atom stereocenters. The summed E-state index contributed by atoms with van der Waals surface area (Å²) in [6, 6.07) is 30.6. The Hall–Kier alpha value is -4.72. The average Bonchev–Trinajstić information content (AvgIpc) is 3.89. The van der Waals surface area contributed by atoms with Gasteiger partial charge < -0.3 is 21.1 Å². The molecule has 8 rings (SSSR count). The fourth-order valence-electron chi connectivity index (χ4n) is 6.97. The molecule has 4 aromatic carbocycles. The van der Waals surface area contributed by atoms with Crippen LogP contribution in [-0.4, -0.2) is 52.1 Å². The Morgan fingerprint density at radius 3 is 2.18 bits per heavy atom. The zero-order chi connectivity index (χ0) is 30.9. The number of hydrogen-bond donors (Lipinski definition) is 4. The lowest BCUT2D eigenvalue weighted by Gasteiger charge is -2.13. The number of anilines is 1. The van der Waals surface area contributed by atoms with Crippen molar-refractivity contribution in [3.63, 3.8) is 0 Å². The van der Waals surface area contributed by atoms with Crippen molar-refractivity contribution in [3.05, 3.63) is 108 Å². The molecule has 7 heteroatoms. The first kappa shape index (κ1) is 29.0. The van der Waals surface area contributed by atoms with Gasteiger partial charge in [0.25, 0.3) is 0 Å². The van der Waals surface area contributed by atoms with Gasteiger partial charge in [-0.05, 0) is 90.3 Å². The highest BCUT2D eigenvalue weighted by Crippen LogP contribution is 2.43. The molecule has 1 aromatic heterocycles. The predicted molar refractivity (Wildman–Crippen MR) is 181 cm³/mol. The maximum atomic E-state index is 10.4. The van der Waals surface area contributed by atoms with Crippen LogP contribution in [-0.2, 0) is 11.2 Å². The summed E-state index contributed by atoms with van der Waals surface area (Å²) in [6.07, 6.45) is 7.04. The van der Waals surface area contributed by atoms with E-state index >= 15 is 0 Å². The highest BCUT2D eigenvalue weighted by molar-refractivity contribution is 5.89. The molecule has 5 N–H and O–H groups in total. The van der Waals surface area contributed by atoms with Crippen LogP contribution in [0, 0.1) is 0 Å². The van der Waals surface area contributed by atoms with Gasteiger partial charge in [-0.1, -0.05) is 84.9 Å². The van der Waals surface area contributed by atoms with Crippen molar-refractivity contribution in [3.8, 4) is 44.6 Å². The molecule has 0 spiro atoms. The van der Waals surface area contributed by atoms with Gasteiger partial charge in [-0.3, -0.25) is 9.69 Å². The number of nitrogens with zero attached hydrogens (tertiary/aromatic N) is 2. The molecule has 7 nitrogen and oxygen atoms in total. The summed E-state index contributed by atoms with van der Waals surface area (Å²) in [5, 5.41) is 12.0. The Labute approximate surface area is 264 Å². The van der Waals surface area contributed by atoms with Gasteiger partial charge in [0.2, 0.25) is 0 Å². The number of benzene rings is 4. The molecule has 45 heavy (non-hydrogen) atoms. The molecule has 1 aliphatic carbocycles. The first-order valence-electron chi connectivity index (χ1n) is 15.9. The second-order valence-corrected chi connectivity index (χ2v) is 12.3. The molecule has 0 radical (unpaired) electrons. The maximum Gasteiger partial charge on any atom is 0.320 e. The molecule has 0 amide bonds. The van der Waals surface area contributed by atoms with Gasteiger partial charge in [0, 0.05) is 17.7 Å². The Morgan fingerprint density at radius 1 is 0.844 bits per heavy atom. The number of aliphatic carboxylic acids is 1. The molecule has 3 aliphatic rings. The number of nitrogen functional groups attached to an aromatic ring is 1. The second-order valence-electron chi connectivity index (χ2n) is 12.3. The minimum Gasteiger partial charge on any atom is -0.480 e. The predicted octanol–water partition coefficient (Wildman–Crippen LogP) is 7.15. The van der Waals surface area contributed by atoms with Crippen molar-refractivity contribution < 1.29 is 9.90 Å². The van der Waals surface area contributed by atoms with E-state index in [0.717, 1.165) is 72.7 Å². The van der Waals surface area contributed by atoms with Gasteiger partial charge in [0.15, 0.2) is 0 Å². The number of rotatable bonds is 5. The number of imidazole rings is 1. The first-order chi connectivity index (χ1) is 22.0. The lowest BCUT2D eigenvalue weighted by Crippen LogP contribution is -2.32. The van der Waals surface area contributed by atoms with E-state index in [0.29, 0.717) is 6.04 Å². The van der Waals surface area contributed by atoms with Crippen molar-refractivity contribution in [2.24, 2.45) is 0 Å². The van der Waals surface area contributed by atoms with E-state index in [2.05, 4.69) is 100 Å². The molecule has 2 saturated heterocycles. The summed E-state index contributed by atoms with van der Waals surface area (Å²) in [5.41, 5.74) is 19.6. The number of hydrogen-bond acceptors (Lipinski definition) is 5. The third-order valence-corrected chi connectivity index (χ3v) is 9.55. The van der Waals surface area contributed by atoms with Crippen molar-refractivity contribution in [1.82, 2.24) is 20.2 Å². The van der Waals surface area contributed by atoms with Gasteiger partial charge in [-0.25, -0.2) is 4.98 Å². The molecular weight excluding hydrogens is 558 g/mol. The minimum atomic E-state index is -0.685. The lowest BCUT2D eigenvalue weighted by molar-refractivity contribution is -0.141. The summed E-state index contributed by atoms with van der Waals surface area (Å²) < 4.78 is 0. The second kappa shape index (κ2) is 12.3. The SMILES string of the molecule is CN1CCCC1C(=O)O.Nc1c(-c2ccc(-c3ccc(-c4cnc(C5CCCN5)[nH]4)cc3)cc2)ccc2c1Cc1ccccc1-2. The van der Waals surface area contributed by atoms with Crippen LogP contribution < -0.4 is 11.1 Å². The molecule has 5 aromatic rings. The normalized spacial score (nSPS) is 18.7. The maximum absolute atomic E-state index is 10.4. The summed E-state index contributed by atoms with van der Waals surface area (Å²) in [5.74, 6) is 0.354. The van der Waals surface area contributed by atoms with Crippen LogP contribution in [0.1, 0.15) is 48.7 Å². The van der Waals surface area contributed by atoms with Gasteiger partial charge in [0.1, 0.15) is 11.9 Å². The van der Waals surface area contributed by atoms with Crippen LogP contribution in [0.3, 0.4) is 0 Å². The lowest BCUT2D eigenvalue weighted by atomic mass is 9.95. The van der Waals surface area contributed by atoms with E-state index in [1.807, 2.05) is 18.1 Å². The van der Waals surface area contributed by atoms with E-state index in [9.17, 15) is 4.79 Å². The largest absolute Gasteiger partial charge is 0.480 e. The summed E-state index contributed by atoms with van der Waals surface area (Å²) in [4.78, 5) is 20.4. The number of aromatic nitrogens is 2. The molecule has 3 heterocycles. The summed E-state index contributed by atoms with van der Waals surface area (Å²) >= 11 is 0. The molecule has 0 bridgehead atoms. The number of likely N-dealkylation sites (tertiary alicyclic amines) is 1. The topological polar surface area (TPSA) is 107 Å². The van der Waals surface area contributed by atoms with Crippen molar-refractivity contribution in [2.75, 3.05) is 25.9 Å². The monoisotopic (exact) mass is 597 g/mol. The number of carboxylic acid groups (broad SMARTS) is 1. The number of carbonyl (C=O) groups is 1. The minimum absolute atomic E-state index is 0.218. The molecule has 228 valence electrons. The van der Waals surface area contributed by atoms with E-state index in [1.165, 1.54) is 39.8 Å². The molecule has 2 unspecified atom stereocenters. The third-order valence-electron chi connectivity index (χ3n) is 9.55. The van der Waals surface area contributed by atoms with Crippen LogP contribution >= 0.6 is 0 Å². The van der Waals surface area contributed by atoms with Crippen molar-refractivity contribution in [2.45, 2.75) is 44.2 Å². The number of aromatic amines is 1. The van der Waals surface area contributed by atoms with E-state index in [1.54, 1.807) is 0 Å². The van der Waals surface area contributed by atoms with E-state index < -0.39 is 5.97 Å². The van der Waals surface area contributed by atoms with E-state index in [-0.39, 0.29) is 6.04 Å². The van der Waals surface area contributed by atoms with Gasteiger partial charge in [-0.15, -0.1) is 0 Å². The Kier molecular flexibility index (Phi) is 7.96.